The number of hydrogen-bond donors (Lipinski definition) is 2. The van der Waals surface area contributed by atoms with Crippen molar-refractivity contribution in [2.24, 2.45) is 5.10 Å². The Morgan fingerprint density at radius 3 is 2.67 bits per heavy atom. The predicted octanol–water partition coefficient (Wildman–Crippen LogP) is 3.78. The largest absolute Gasteiger partial charge is 0.496 e. The number of nitrogens with zero attached hydrogens (tertiary/aromatic N) is 1. The molecule has 0 fully saturated rings. The van der Waals surface area contributed by atoms with Crippen molar-refractivity contribution in [1.82, 2.24) is 5.43 Å². The third kappa shape index (κ3) is 4.54. The summed E-state index contributed by atoms with van der Waals surface area (Å²) in [5.74, 6) is 0.757. The third-order valence-corrected chi connectivity index (χ3v) is 3.52. The number of hydrogen-bond acceptors (Lipinski definition) is 3. The van der Waals surface area contributed by atoms with Crippen molar-refractivity contribution in [2.45, 2.75) is 0 Å². The zero-order valence-electron chi connectivity index (χ0n) is 11.3. The minimum Gasteiger partial charge on any atom is -0.496 e. The van der Waals surface area contributed by atoms with Crippen molar-refractivity contribution in [3.8, 4) is 5.75 Å². The lowest BCUT2D eigenvalue weighted by molar-refractivity contribution is 0.414. The molecule has 108 valence electrons. The van der Waals surface area contributed by atoms with Crippen LogP contribution in [-0.2, 0) is 0 Å². The molecule has 4 nitrogen and oxygen atoms in total. The minimum absolute atomic E-state index is 0.410. The second-order valence-electron chi connectivity index (χ2n) is 4.05. The highest BCUT2D eigenvalue weighted by Crippen LogP contribution is 2.20. The maximum Gasteiger partial charge on any atom is 0.191 e. The fourth-order valence-corrected chi connectivity index (χ4v) is 2.19. The number of benzene rings is 2. The highest BCUT2D eigenvalue weighted by atomic mass is 79.9. The van der Waals surface area contributed by atoms with Gasteiger partial charge >= 0.3 is 0 Å². The molecule has 0 aliphatic rings. The Balaban J connectivity index is 1.95. The number of ether oxygens (including phenoxy) is 1. The summed E-state index contributed by atoms with van der Waals surface area (Å²) in [4.78, 5) is 0. The molecule has 0 spiro atoms. The summed E-state index contributed by atoms with van der Waals surface area (Å²) in [6, 6.07) is 15.3. The van der Waals surface area contributed by atoms with Gasteiger partial charge in [-0.1, -0.05) is 24.3 Å². The van der Waals surface area contributed by atoms with Crippen LogP contribution in [0.3, 0.4) is 0 Å². The molecule has 0 unspecified atom stereocenters. The highest BCUT2D eigenvalue weighted by Gasteiger charge is 2.00. The number of rotatable bonds is 4. The normalized spacial score (nSPS) is 10.4. The van der Waals surface area contributed by atoms with E-state index in [-0.39, 0.29) is 0 Å². The van der Waals surface area contributed by atoms with E-state index in [9.17, 15) is 0 Å². The van der Waals surface area contributed by atoms with Gasteiger partial charge in [0.1, 0.15) is 5.75 Å². The van der Waals surface area contributed by atoms with Gasteiger partial charge in [0.15, 0.2) is 5.11 Å². The quantitative estimate of drug-likeness (QED) is 0.493. The van der Waals surface area contributed by atoms with Crippen LogP contribution in [0.5, 0.6) is 5.75 Å². The Morgan fingerprint density at radius 1 is 1.19 bits per heavy atom. The summed E-state index contributed by atoms with van der Waals surface area (Å²) in [6.07, 6.45) is 1.66. The molecule has 0 heterocycles. The minimum atomic E-state index is 0.410. The Kier molecular flexibility index (Phi) is 5.71. The molecule has 0 saturated carbocycles. The summed E-state index contributed by atoms with van der Waals surface area (Å²) in [5.41, 5.74) is 4.52. The van der Waals surface area contributed by atoms with Gasteiger partial charge in [-0.05, 0) is 52.4 Å². The lowest BCUT2D eigenvalue weighted by atomic mass is 10.2. The van der Waals surface area contributed by atoms with Crippen LogP contribution in [0.25, 0.3) is 0 Å². The van der Waals surface area contributed by atoms with Gasteiger partial charge in [-0.15, -0.1) is 0 Å². The maximum absolute atomic E-state index is 5.24. The van der Waals surface area contributed by atoms with Gasteiger partial charge in [-0.3, -0.25) is 5.43 Å². The Hall–Kier alpha value is -1.92. The van der Waals surface area contributed by atoms with Crippen LogP contribution in [0.2, 0.25) is 0 Å². The van der Waals surface area contributed by atoms with E-state index in [2.05, 4.69) is 31.8 Å². The molecule has 21 heavy (non-hydrogen) atoms. The van der Waals surface area contributed by atoms with Crippen molar-refractivity contribution < 1.29 is 4.74 Å². The van der Waals surface area contributed by atoms with Crippen LogP contribution < -0.4 is 15.5 Å². The lowest BCUT2D eigenvalue weighted by Crippen LogP contribution is -2.24. The van der Waals surface area contributed by atoms with Crippen molar-refractivity contribution in [2.75, 3.05) is 12.4 Å². The SMILES string of the molecule is COc1ccccc1/C=N/NC(=S)Nc1ccccc1Br. The summed E-state index contributed by atoms with van der Waals surface area (Å²) in [6.45, 7) is 0. The first-order chi connectivity index (χ1) is 10.2. The smallest absolute Gasteiger partial charge is 0.191 e. The monoisotopic (exact) mass is 363 g/mol. The van der Waals surface area contributed by atoms with E-state index in [1.807, 2.05) is 48.5 Å². The van der Waals surface area contributed by atoms with Gasteiger partial charge in [0, 0.05) is 10.0 Å². The molecule has 2 rings (SSSR count). The molecule has 0 atom stereocenters. The summed E-state index contributed by atoms with van der Waals surface area (Å²) >= 11 is 8.63. The molecule has 2 N–H and O–H groups in total. The molecule has 2 aromatic rings. The number of methoxy groups -OCH3 is 1. The van der Waals surface area contributed by atoms with Crippen molar-refractivity contribution in [3.05, 3.63) is 58.6 Å². The van der Waals surface area contributed by atoms with Crippen LogP contribution in [0.15, 0.2) is 58.1 Å². The zero-order chi connectivity index (χ0) is 15.1. The van der Waals surface area contributed by atoms with Crippen molar-refractivity contribution >= 4 is 45.2 Å². The number of hydrazone groups is 1. The van der Waals surface area contributed by atoms with Gasteiger partial charge in [0.05, 0.1) is 19.0 Å². The van der Waals surface area contributed by atoms with E-state index in [0.717, 1.165) is 21.5 Å². The molecule has 2 aromatic carbocycles. The zero-order valence-corrected chi connectivity index (χ0v) is 13.7. The maximum atomic E-state index is 5.24. The molecule has 0 aliphatic heterocycles. The first-order valence-corrected chi connectivity index (χ1v) is 7.38. The van der Waals surface area contributed by atoms with Gasteiger partial charge in [0.2, 0.25) is 0 Å². The number of para-hydroxylation sites is 2. The number of halogens is 1. The van der Waals surface area contributed by atoms with Crippen LogP contribution in [0.1, 0.15) is 5.56 Å². The molecule has 0 aliphatic carbocycles. The van der Waals surface area contributed by atoms with Crippen molar-refractivity contribution in [3.63, 3.8) is 0 Å². The second kappa shape index (κ2) is 7.75. The first kappa shape index (κ1) is 15.5. The fraction of sp³-hybridized carbons (Fsp3) is 0.0667. The third-order valence-electron chi connectivity index (χ3n) is 2.63. The molecule has 6 heteroatoms. The average molecular weight is 364 g/mol. The first-order valence-electron chi connectivity index (χ1n) is 6.18. The van der Waals surface area contributed by atoms with Gasteiger partial charge in [0.25, 0.3) is 0 Å². The highest BCUT2D eigenvalue weighted by molar-refractivity contribution is 9.10. The molecule has 0 aromatic heterocycles. The number of thiocarbonyl (C=S) groups is 1. The number of anilines is 1. The van der Waals surface area contributed by atoms with Crippen LogP contribution in [0.4, 0.5) is 5.69 Å². The van der Waals surface area contributed by atoms with Crippen LogP contribution in [-0.4, -0.2) is 18.4 Å². The number of nitrogens with one attached hydrogen (secondary N) is 2. The van der Waals surface area contributed by atoms with Gasteiger partial charge in [-0.2, -0.15) is 5.10 Å². The van der Waals surface area contributed by atoms with Crippen molar-refractivity contribution in [1.29, 1.82) is 0 Å². The molecular formula is C15H14BrN3OS. The van der Waals surface area contributed by atoms with E-state index in [4.69, 9.17) is 17.0 Å². The molecule has 0 amide bonds. The second-order valence-corrected chi connectivity index (χ2v) is 5.31. The van der Waals surface area contributed by atoms with Gasteiger partial charge < -0.3 is 10.1 Å². The molecule has 0 bridgehead atoms. The van der Waals surface area contributed by atoms with E-state index >= 15 is 0 Å². The predicted molar refractivity (Wildman–Crippen MR) is 94.1 cm³/mol. The fourth-order valence-electron chi connectivity index (χ4n) is 1.65. The molecule has 0 radical (unpaired) electrons. The summed E-state index contributed by atoms with van der Waals surface area (Å²) in [5, 5.41) is 7.57. The Labute approximate surface area is 137 Å². The van der Waals surface area contributed by atoms with E-state index in [1.54, 1.807) is 13.3 Å². The van der Waals surface area contributed by atoms with Gasteiger partial charge in [-0.25, -0.2) is 0 Å². The lowest BCUT2D eigenvalue weighted by Gasteiger charge is -2.08. The topological polar surface area (TPSA) is 45.6 Å². The standard InChI is InChI=1S/C15H14BrN3OS/c1-20-14-9-5-2-6-11(14)10-17-19-15(21)18-13-8-4-3-7-12(13)16/h2-10H,1H3,(H2,18,19,21)/b17-10+. The average Bonchev–Trinajstić information content (AvgIpc) is 2.50. The molecule has 0 saturated heterocycles. The van der Waals surface area contributed by atoms with E-state index < -0.39 is 0 Å². The Bertz CT molecular complexity index is 661. The molecular weight excluding hydrogens is 350 g/mol. The Morgan fingerprint density at radius 2 is 1.90 bits per heavy atom. The summed E-state index contributed by atoms with van der Waals surface area (Å²) in [7, 11) is 1.62. The van der Waals surface area contributed by atoms with E-state index in [1.165, 1.54) is 0 Å². The van der Waals surface area contributed by atoms with Crippen LogP contribution in [0, 0.1) is 0 Å². The van der Waals surface area contributed by atoms with Crippen LogP contribution >= 0.6 is 28.1 Å². The summed E-state index contributed by atoms with van der Waals surface area (Å²) < 4.78 is 6.17. The van der Waals surface area contributed by atoms with E-state index in [0.29, 0.717) is 5.11 Å².